The van der Waals surface area contributed by atoms with Gasteiger partial charge in [0, 0.05) is 31.7 Å². The molecule has 0 saturated heterocycles. The molecule has 106 valence electrons. The molecule has 2 heterocycles. The summed E-state index contributed by atoms with van der Waals surface area (Å²) in [7, 11) is 0. The second-order valence-electron chi connectivity index (χ2n) is 4.51. The average Bonchev–Trinajstić information content (AvgIpc) is 2.48. The number of pyridine rings is 1. The number of hydrogen-bond donors (Lipinski definition) is 2. The first-order valence-electron chi connectivity index (χ1n) is 6.54. The Labute approximate surface area is 117 Å². The molecule has 1 aromatic heterocycles. The minimum absolute atomic E-state index is 0.0231. The van der Waals surface area contributed by atoms with Gasteiger partial charge < -0.3 is 15.3 Å². The Morgan fingerprint density at radius 3 is 2.90 bits per heavy atom. The molecule has 0 aliphatic carbocycles. The van der Waals surface area contributed by atoms with E-state index in [0.29, 0.717) is 25.2 Å². The van der Waals surface area contributed by atoms with E-state index in [2.05, 4.69) is 16.4 Å². The molecule has 2 N–H and O–H groups in total. The number of carboxylic acid groups (broad SMARTS) is 1. The zero-order chi connectivity index (χ0) is 14.4. The fourth-order valence-corrected chi connectivity index (χ4v) is 1.97. The van der Waals surface area contributed by atoms with Crippen LogP contribution >= 0.6 is 0 Å². The van der Waals surface area contributed by atoms with Crippen molar-refractivity contribution in [3.8, 4) is 0 Å². The number of carbonyl (C=O) groups is 2. The van der Waals surface area contributed by atoms with Gasteiger partial charge in [-0.2, -0.15) is 0 Å². The molecule has 1 aliphatic heterocycles. The first kappa shape index (κ1) is 14.0. The van der Waals surface area contributed by atoms with Crippen molar-refractivity contribution in [2.45, 2.75) is 12.8 Å². The molecular formula is C14H17N3O3. The van der Waals surface area contributed by atoms with Gasteiger partial charge in [0.05, 0.1) is 0 Å². The van der Waals surface area contributed by atoms with E-state index in [9.17, 15) is 9.59 Å². The molecule has 2 rings (SSSR count). The van der Waals surface area contributed by atoms with Gasteiger partial charge in [0.15, 0.2) is 0 Å². The van der Waals surface area contributed by atoms with Gasteiger partial charge in [0.2, 0.25) is 0 Å². The Morgan fingerprint density at radius 1 is 1.35 bits per heavy atom. The van der Waals surface area contributed by atoms with Crippen molar-refractivity contribution < 1.29 is 14.7 Å². The van der Waals surface area contributed by atoms with E-state index in [0.717, 1.165) is 13.0 Å². The lowest BCUT2D eigenvalue weighted by molar-refractivity contribution is 0.0690. The molecular weight excluding hydrogens is 258 g/mol. The maximum Gasteiger partial charge on any atom is 0.354 e. The van der Waals surface area contributed by atoms with Gasteiger partial charge in [-0.3, -0.25) is 0 Å². The Morgan fingerprint density at radius 2 is 2.20 bits per heavy atom. The second kappa shape index (κ2) is 6.70. The normalized spacial score (nSPS) is 14.1. The summed E-state index contributed by atoms with van der Waals surface area (Å²) < 4.78 is 0. The standard InChI is InChI=1S/C14H17N3O3/c18-13(19)12-6-4-5-11(16-12)7-8-15-14(20)17-9-2-1-3-10-17/h1-2,4-6H,3,7-10H2,(H,15,20)(H,18,19). The number of aromatic nitrogens is 1. The zero-order valence-electron chi connectivity index (χ0n) is 11.1. The molecule has 0 fully saturated rings. The van der Waals surface area contributed by atoms with E-state index in [1.54, 1.807) is 17.0 Å². The lowest BCUT2D eigenvalue weighted by Crippen LogP contribution is -2.42. The van der Waals surface area contributed by atoms with Gasteiger partial charge >= 0.3 is 12.0 Å². The molecule has 6 heteroatoms. The van der Waals surface area contributed by atoms with Crippen LogP contribution in [-0.2, 0) is 6.42 Å². The molecule has 0 radical (unpaired) electrons. The van der Waals surface area contributed by atoms with Crippen LogP contribution in [0.2, 0.25) is 0 Å². The number of carbonyl (C=O) groups excluding carboxylic acids is 1. The predicted octanol–water partition coefficient (Wildman–Crippen LogP) is 1.29. The Kier molecular flexibility index (Phi) is 4.70. The van der Waals surface area contributed by atoms with Crippen molar-refractivity contribution in [2.75, 3.05) is 19.6 Å². The third-order valence-corrected chi connectivity index (χ3v) is 3.03. The summed E-state index contributed by atoms with van der Waals surface area (Å²) in [5, 5.41) is 11.7. The van der Waals surface area contributed by atoms with Gasteiger partial charge in [0.1, 0.15) is 5.69 Å². The maximum absolute atomic E-state index is 11.8. The molecule has 0 saturated carbocycles. The quantitative estimate of drug-likeness (QED) is 0.811. The van der Waals surface area contributed by atoms with E-state index >= 15 is 0 Å². The van der Waals surface area contributed by atoms with E-state index in [4.69, 9.17) is 5.11 Å². The maximum atomic E-state index is 11.8. The monoisotopic (exact) mass is 275 g/mol. The molecule has 6 nitrogen and oxygen atoms in total. The Hall–Kier alpha value is -2.37. The third-order valence-electron chi connectivity index (χ3n) is 3.03. The van der Waals surface area contributed by atoms with Crippen molar-refractivity contribution in [3.63, 3.8) is 0 Å². The average molecular weight is 275 g/mol. The highest BCUT2D eigenvalue weighted by Crippen LogP contribution is 2.02. The van der Waals surface area contributed by atoms with Crippen LogP contribution in [0.4, 0.5) is 4.79 Å². The van der Waals surface area contributed by atoms with E-state index in [-0.39, 0.29) is 11.7 Å². The van der Waals surface area contributed by atoms with Gasteiger partial charge in [-0.15, -0.1) is 0 Å². The van der Waals surface area contributed by atoms with Crippen LogP contribution in [0.3, 0.4) is 0 Å². The third kappa shape index (κ3) is 3.81. The summed E-state index contributed by atoms with van der Waals surface area (Å²) in [4.78, 5) is 28.4. The van der Waals surface area contributed by atoms with Crippen LogP contribution in [-0.4, -0.2) is 46.6 Å². The van der Waals surface area contributed by atoms with Crippen molar-refractivity contribution >= 4 is 12.0 Å². The van der Waals surface area contributed by atoms with Crippen LogP contribution in [0.5, 0.6) is 0 Å². The summed E-state index contributed by atoms with van der Waals surface area (Å²) >= 11 is 0. The molecule has 0 atom stereocenters. The molecule has 1 aromatic rings. The fourth-order valence-electron chi connectivity index (χ4n) is 1.97. The summed E-state index contributed by atoms with van der Waals surface area (Å²) in [6.45, 7) is 1.81. The molecule has 0 bridgehead atoms. The van der Waals surface area contributed by atoms with Crippen molar-refractivity contribution in [3.05, 3.63) is 41.7 Å². The van der Waals surface area contributed by atoms with Gasteiger partial charge in [0.25, 0.3) is 0 Å². The van der Waals surface area contributed by atoms with E-state index in [1.165, 1.54) is 6.07 Å². The van der Waals surface area contributed by atoms with Gasteiger partial charge in [-0.05, 0) is 18.6 Å². The highest BCUT2D eigenvalue weighted by Gasteiger charge is 2.13. The fraction of sp³-hybridized carbons (Fsp3) is 0.357. The smallest absolute Gasteiger partial charge is 0.354 e. The number of rotatable bonds is 4. The van der Waals surface area contributed by atoms with E-state index < -0.39 is 5.97 Å². The first-order valence-corrected chi connectivity index (χ1v) is 6.54. The molecule has 0 aromatic carbocycles. The molecule has 2 amide bonds. The lowest BCUT2D eigenvalue weighted by Gasteiger charge is -2.23. The van der Waals surface area contributed by atoms with Gasteiger partial charge in [-0.25, -0.2) is 14.6 Å². The largest absolute Gasteiger partial charge is 0.477 e. The summed E-state index contributed by atoms with van der Waals surface area (Å²) in [5.74, 6) is -1.05. The number of urea groups is 1. The molecule has 20 heavy (non-hydrogen) atoms. The van der Waals surface area contributed by atoms with Crippen LogP contribution in [0.1, 0.15) is 22.6 Å². The summed E-state index contributed by atoms with van der Waals surface area (Å²) in [6, 6.07) is 4.76. The predicted molar refractivity (Wildman–Crippen MR) is 73.6 cm³/mol. The Bertz CT molecular complexity index is 528. The van der Waals surface area contributed by atoms with Crippen LogP contribution in [0, 0.1) is 0 Å². The van der Waals surface area contributed by atoms with Crippen LogP contribution in [0.15, 0.2) is 30.4 Å². The minimum Gasteiger partial charge on any atom is -0.477 e. The second-order valence-corrected chi connectivity index (χ2v) is 4.51. The van der Waals surface area contributed by atoms with Gasteiger partial charge in [-0.1, -0.05) is 18.2 Å². The molecule has 0 spiro atoms. The van der Waals surface area contributed by atoms with Crippen molar-refractivity contribution in [1.29, 1.82) is 0 Å². The number of amides is 2. The highest BCUT2D eigenvalue weighted by atomic mass is 16.4. The first-order chi connectivity index (χ1) is 9.66. The number of hydrogen-bond acceptors (Lipinski definition) is 3. The number of nitrogens with one attached hydrogen (secondary N) is 1. The number of nitrogens with zero attached hydrogens (tertiary/aromatic N) is 2. The molecule has 0 unspecified atom stereocenters. The Balaban J connectivity index is 1.80. The number of aromatic carboxylic acids is 1. The zero-order valence-corrected chi connectivity index (χ0v) is 11.1. The van der Waals surface area contributed by atoms with E-state index in [1.807, 2.05) is 6.08 Å². The van der Waals surface area contributed by atoms with Crippen LogP contribution < -0.4 is 5.32 Å². The summed E-state index contributed by atoms with van der Waals surface area (Å²) in [6.07, 6.45) is 5.43. The number of carboxylic acids is 1. The topological polar surface area (TPSA) is 82.5 Å². The van der Waals surface area contributed by atoms with Crippen LogP contribution in [0.25, 0.3) is 0 Å². The highest BCUT2D eigenvalue weighted by molar-refractivity contribution is 5.85. The summed E-state index contributed by atoms with van der Waals surface area (Å²) in [5.41, 5.74) is 0.679. The SMILES string of the molecule is O=C(O)c1cccc(CCNC(=O)N2CC=CCC2)n1. The lowest BCUT2D eigenvalue weighted by atomic mass is 10.2. The van der Waals surface area contributed by atoms with Crippen molar-refractivity contribution in [2.24, 2.45) is 0 Å². The minimum atomic E-state index is -1.05. The molecule has 1 aliphatic rings. The van der Waals surface area contributed by atoms with Crippen molar-refractivity contribution in [1.82, 2.24) is 15.2 Å².